The van der Waals surface area contributed by atoms with E-state index < -0.39 is 0 Å². The molecule has 2 heterocycles. The molecule has 0 spiro atoms. The van der Waals surface area contributed by atoms with Crippen molar-refractivity contribution in [1.82, 2.24) is 4.98 Å². The van der Waals surface area contributed by atoms with Gasteiger partial charge in [0.05, 0.1) is 5.69 Å². The van der Waals surface area contributed by atoms with Gasteiger partial charge in [0.25, 0.3) is 0 Å². The molecule has 28 heavy (non-hydrogen) atoms. The lowest BCUT2D eigenvalue weighted by atomic mass is 9.94. The summed E-state index contributed by atoms with van der Waals surface area (Å²) in [6.07, 6.45) is 1.87. The van der Waals surface area contributed by atoms with Crippen molar-refractivity contribution in [2.24, 2.45) is 0 Å². The van der Waals surface area contributed by atoms with Crippen LogP contribution >= 0.6 is 0 Å². The van der Waals surface area contributed by atoms with Gasteiger partial charge in [0.1, 0.15) is 17.0 Å². The molecule has 5 rings (SSSR count). The van der Waals surface area contributed by atoms with Crippen molar-refractivity contribution in [1.29, 1.82) is 0 Å². The monoisotopic (exact) mass is 369 g/mol. The third kappa shape index (κ3) is 2.50. The lowest BCUT2D eigenvalue weighted by Gasteiger charge is -2.14. The van der Waals surface area contributed by atoms with Crippen molar-refractivity contribution in [3.05, 3.63) is 77.7 Å². The molecule has 0 bridgehead atoms. The van der Waals surface area contributed by atoms with Crippen LogP contribution in [0.5, 0.6) is 0 Å². The molecule has 2 aromatic heterocycles. The maximum Gasteiger partial charge on any atom is 0.144 e. The van der Waals surface area contributed by atoms with E-state index in [2.05, 4.69) is 39.0 Å². The number of aromatic nitrogens is 1. The topological polar surface area (TPSA) is 26.0 Å². The number of fused-ring (bicyclic) bond motifs is 4. The normalized spacial score (nSPS) is 11.9. The second-order valence-electron chi connectivity index (χ2n) is 7.69. The molecule has 0 aliphatic rings. The number of hydrogen-bond donors (Lipinski definition) is 0. The van der Waals surface area contributed by atoms with Gasteiger partial charge in [-0.2, -0.15) is 0 Å². The van der Waals surface area contributed by atoms with Crippen molar-refractivity contribution < 1.29 is 8.81 Å². The first-order valence-corrected chi connectivity index (χ1v) is 9.53. The van der Waals surface area contributed by atoms with Gasteiger partial charge in [0.15, 0.2) is 0 Å². The van der Waals surface area contributed by atoms with Crippen LogP contribution in [0.1, 0.15) is 30.9 Å². The summed E-state index contributed by atoms with van der Waals surface area (Å²) in [5.41, 5.74) is 5.64. The van der Waals surface area contributed by atoms with Crippen molar-refractivity contribution in [2.75, 3.05) is 0 Å². The van der Waals surface area contributed by atoms with Crippen LogP contribution in [0, 0.1) is 12.7 Å². The number of benzene rings is 3. The summed E-state index contributed by atoms with van der Waals surface area (Å²) >= 11 is 0. The van der Waals surface area contributed by atoms with Crippen LogP contribution in [0.4, 0.5) is 4.39 Å². The summed E-state index contributed by atoms with van der Waals surface area (Å²) in [5.74, 6) is 0.0271. The Bertz CT molecular complexity index is 1360. The first-order chi connectivity index (χ1) is 13.5. The minimum atomic E-state index is -0.232. The standard InChI is InChI=1S/C25H20FNO/c1-14(2)22-13-27-24(18-9-8-16(26)12-19(18)22)21-11-15(3)10-20-17-6-4-5-7-23(17)28-25(20)21/h4-14H,1-3H3. The van der Waals surface area contributed by atoms with Crippen molar-refractivity contribution in [2.45, 2.75) is 26.7 Å². The van der Waals surface area contributed by atoms with Crippen molar-refractivity contribution in [3.63, 3.8) is 0 Å². The fourth-order valence-corrected chi connectivity index (χ4v) is 4.06. The molecule has 0 radical (unpaired) electrons. The Morgan fingerprint density at radius 2 is 1.71 bits per heavy atom. The van der Waals surface area contributed by atoms with Crippen molar-refractivity contribution in [3.8, 4) is 11.3 Å². The number of pyridine rings is 1. The molecule has 0 saturated heterocycles. The SMILES string of the molecule is Cc1cc(-c2ncc(C(C)C)c3cc(F)ccc23)c2oc3ccccc3c2c1. The Labute approximate surface area is 162 Å². The summed E-state index contributed by atoms with van der Waals surface area (Å²) in [4.78, 5) is 4.81. The molecule has 5 aromatic rings. The molecular weight excluding hydrogens is 349 g/mol. The van der Waals surface area contributed by atoms with Crippen LogP contribution < -0.4 is 0 Å². The Morgan fingerprint density at radius 3 is 2.54 bits per heavy atom. The van der Waals surface area contributed by atoms with Gasteiger partial charge in [-0.1, -0.05) is 32.0 Å². The zero-order chi connectivity index (χ0) is 19.4. The van der Waals surface area contributed by atoms with Crippen molar-refractivity contribution >= 4 is 32.7 Å². The van der Waals surface area contributed by atoms with E-state index in [0.717, 1.165) is 55.1 Å². The molecule has 0 unspecified atom stereocenters. The van der Waals surface area contributed by atoms with Gasteiger partial charge in [-0.25, -0.2) is 4.39 Å². The summed E-state index contributed by atoms with van der Waals surface area (Å²) < 4.78 is 20.3. The van der Waals surface area contributed by atoms with Crippen LogP contribution in [-0.2, 0) is 0 Å². The van der Waals surface area contributed by atoms with Crippen LogP contribution in [0.25, 0.3) is 44.0 Å². The zero-order valence-corrected chi connectivity index (χ0v) is 16.1. The second kappa shape index (κ2) is 6.16. The molecule has 0 fully saturated rings. The molecular formula is C25H20FNO. The number of aryl methyl sites for hydroxylation is 1. The highest BCUT2D eigenvalue weighted by Crippen LogP contribution is 2.39. The van der Waals surface area contributed by atoms with Gasteiger partial charge in [0.2, 0.25) is 0 Å². The molecule has 0 aliphatic carbocycles. The minimum absolute atomic E-state index is 0.232. The van der Waals surface area contributed by atoms with E-state index in [1.807, 2.05) is 30.5 Å². The average Bonchev–Trinajstić information content (AvgIpc) is 3.05. The molecule has 138 valence electrons. The predicted molar refractivity (Wildman–Crippen MR) is 113 cm³/mol. The van der Waals surface area contributed by atoms with Gasteiger partial charge < -0.3 is 4.42 Å². The summed E-state index contributed by atoms with van der Waals surface area (Å²) in [7, 11) is 0. The van der Waals surface area contributed by atoms with Gasteiger partial charge >= 0.3 is 0 Å². The van der Waals surface area contributed by atoms with E-state index in [0.29, 0.717) is 0 Å². The molecule has 0 atom stereocenters. The fourth-order valence-electron chi connectivity index (χ4n) is 4.06. The highest BCUT2D eigenvalue weighted by Gasteiger charge is 2.18. The quantitative estimate of drug-likeness (QED) is 0.324. The number of halogens is 1. The second-order valence-corrected chi connectivity index (χ2v) is 7.69. The smallest absolute Gasteiger partial charge is 0.144 e. The van der Waals surface area contributed by atoms with E-state index in [9.17, 15) is 4.39 Å². The molecule has 3 heteroatoms. The highest BCUT2D eigenvalue weighted by atomic mass is 19.1. The van der Waals surface area contributed by atoms with Crippen LogP contribution in [0.3, 0.4) is 0 Å². The predicted octanol–water partition coefficient (Wildman–Crippen LogP) is 7.37. The number of furan rings is 1. The third-order valence-corrected chi connectivity index (χ3v) is 5.38. The van der Waals surface area contributed by atoms with Gasteiger partial charge in [-0.15, -0.1) is 0 Å². The van der Waals surface area contributed by atoms with Gasteiger partial charge in [-0.05, 0) is 65.8 Å². The molecule has 0 N–H and O–H groups in total. The highest BCUT2D eigenvalue weighted by molar-refractivity contribution is 6.12. The van der Waals surface area contributed by atoms with E-state index in [4.69, 9.17) is 9.40 Å². The average molecular weight is 369 g/mol. The van der Waals surface area contributed by atoms with Crippen LogP contribution in [0.2, 0.25) is 0 Å². The maximum atomic E-state index is 14.0. The first kappa shape index (κ1) is 16.9. The zero-order valence-electron chi connectivity index (χ0n) is 16.1. The van der Waals surface area contributed by atoms with Gasteiger partial charge in [-0.3, -0.25) is 4.98 Å². The third-order valence-electron chi connectivity index (χ3n) is 5.38. The van der Waals surface area contributed by atoms with E-state index >= 15 is 0 Å². The molecule has 3 aromatic carbocycles. The lowest BCUT2D eigenvalue weighted by molar-refractivity contribution is 0.629. The Balaban J connectivity index is 1.91. The summed E-state index contributed by atoms with van der Waals surface area (Å²) in [5, 5.41) is 4.03. The van der Waals surface area contributed by atoms with E-state index in [1.54, 1.807) is 6.07 Å². The molecule has 0 amide bonds. The largest absolute Gasteiger partial charge is 0.455 e. The number of para-hydroxylation sites is 1. The Kier molecular flexibility index (Phi) is 3.73. The van der Waals surface area contributed by atoms with E-state index in [-0.39, 0.29) is 11.7 Å². The summed E-state index contributed by atoms with van der Waals surface area (Å²) in [6, 6.07) is 17.3. The number of hydrogen-bond acceptors (Lipinski definition) is 2. The lowest BCUT2D eigenvalue weighted by Crippen LogP contribution is -1.96. The minimum Gasteiger partial charge on any atom is -0.455 e. The van der Waals surface area contributed by atoms with Crippen LogP contribution in [-0.4, -0.2) is 4.98 Å². The molecule has 2 nitrogen and oxygen atoms in total. The maximum absolute atomic E-state index is 14.0. The summed E-state index contributed by atoms with van der Waals surface area (Å²) in [6.45, 7) is 6.28. The van der Waals surface area contributed by atoms with E-state index in [1.165, 1.54) is 6.07 Å². The first-order valence-electron chi connectivity index (χ1n) is 9.53. The number of rotatable bonds is 2. The molecule has 0 saturated carbocycles. The Morgan fingerprint density at radius 1 is 0.893 bits per heavy atom. The van der Waals surface area contributed by atoms with Gasteiger partial charge in [0, 0.05) is 27.9 Å². The van der Waals surface area contributed by atoms with Crippen LogP contribution in [0.15, 0.2) is 65.2 Å². The fraction of sp³-hybridized carbons (Fsp3) is 0.160. The Hall–Kier alpha value is -3.20. The number of nitrogens with zero attached hydrogens (tertiary/aromatic N) is 1. The molecule has 0 aliphatic heterocycles.